The molecule has 0 radical (unpaired) electrons. The Morgan fingerprint density at radius 1 is 1.33 bits per heavy atom. The Hall–Kier alpha value is -0.130. The molecule has 2 unspecified atom stereocenters. The highest BCUT2D eigenvalue weighted by Gasteiger charge is 2.30. The second-order valence-electron chi connectivity index (χ2n) is 5.40. The SMILES string of the molecule is CC(C)(C)S(=O)(=O)NCC1CCC(N)C1. The Bertz CT molecular complexity index is 306. The van der Waals surface area contributed by atoms with Crippen LogP contribution in [0.5, 0.6) is 0 Å². The quantitative estimate of drug-likeness (QED) is 0.760. The van der Waals surface area contributed by atoms with Gasteiger partial charge in [0, 0.05) is 12.6 Å². The summed E-state index contributed by atoms with van der Waals surface area (Å²) in [5.41, 5.74) is 5.77. The number of hydrogen-bond donors (Lipinski definition) is 2. The number of rotatable bonds is 3. The van der Waals surface area contributed by atoms with Crippen LogP contribution in [-0.2, 0) is 10.0 Å². The fraction of sp³-hybridized carbons (Fsp3) is 1.00. The van der Waals surface area contributed by atoms with Gasteiger partial charge in [-0.25, -0.2) is 13.1 Å². The average molecular weight is 234 g/mol. The topological polar surface area (TPSA) is 72.2 Å². The van der Waals surface area contributed by atoms with Crippen LogP contribution >= 0.6 is 0 Å². The summed E-state index contributed by atoms with van der Waals surface area (Å²) < 4.78 is 25.4. The molecule has 1 aliphatic carbocycles. The zero-order valence-corrected chi connectivity index (χ0v) is 10.6. The van der Waals surface area contributed by atoms with E-state index in [-0.39, 0.29) is 6.04 Å². The Morgan fingerprint density at radius 3 is 2.33 bits per heavy atom. The van der Waals surface area contributed by atoms with Crippen LogP contribution in [0.2, 0.25) is 0 Å². The van der Waals surface area contributed by atoms with Crippen molar-refractivity contribution in [3.8, 4) is 0 Å². The van der Waals surface area contributed by atoms with Gasteiger partial charge in [0.2, 0.25) is 10.0 Å². The lowest BCUT2D eigenvalue weighted by Crippen LogP contribution is -2.41. The summed E-state index contributed by atoms with van der Waals surface area (Å²) in [5, 5.41) is 0. The van der Waals surface area contributed by atoms with Gasteiger partial charge >= 0.3 is 0 Å². The lowest BCUT2D eigenvalue weighted by Gasteiger charge is -2.21. The molecule has 1 saturated carbocycles. The van der Waals surface area contributed by atoms with Crippen molar-refractivity contribution in [1.29, 1.82) is 0 Å². The molecule has 2 atom stereocenters. The molecule has 1 aliphatic rings. The summed E-state index contributed by atoms with van der Waals surface area (Å²) in [6, 6.07) is 0.258. The highest BCUT2D eigenvalue weighted by Crippen LogP contribution is 2.24. The van der Waals surface area contributed by atoms with Gasteiger partial charge in [-0.05, 0) is 46.0 Å². The molecule has 1 rings (SSSR count). The van der Waals surface area contributed by atoms with Gasteiger partial charge in [0.15, 0.2) is 0 Å². The number of hydrogen-bond acceptors (Lipinski definition) is 3. The van der Waals surface area contributed by atoms with Crippen LogP contribution in [0, 0.1) is 5.92 Å². The molecule has 0 aliphatic heterocycles. The van der Waals surface area contributed by atoms with Crippen LogP contribution in [-0.4, -0.2) is 25.8 Å². The first kappa shape index (κ1) is 12.9. The van der Waals surface area contributed by atoms with Crippen LogP contribution in [0.3, 0.4) is 0 Å². The van der Waals surface area contributed by atoms with E-state index >= 15 is 0 Å². The van der Waals surface area contributed by atoms with E-state index in [1.54, 1.807) is 20.8 Å². The molecule has 0 aromatic rings. The monoisotopic (exact) mass is 234 g/mol. The van der Waals surface area contributed by atoms with Gasteiger partial charge in [0.1, 0.15) is 0 Å². The summed E-state index contributed by atoms with van der Waals surface area (Å²) >= 11 is 0. The fourth-order valence-corrected chi connectivity index (χ4v) is 2.63. The van der Waals surface area contributed by atoms with E-state index < -0.39 is 14.8 Å². The zero-order valence-electron chi connectivity index (χ0n) is 9.79. The van der Waals surface area contributed by atoms with Crippen molar-refractivity contribution in [3.63, 3.8) is 0 Å². The van der Waals surface area contributed by atoms with Crippen molar-refractivity contribution in [2.45, 2.75) is 50.8 Å². The van der Waals surface area contributed by atoms with E-state index in [4.69, 9.17) is 5.73 Å². The molecule has 0 bridgehead atoms. The van der Waals surface area contributed by atoms with Crippen molar-refractivity contribution in [1.82, 2.24) is 4.72 Å². The summed E-state index contributed by atoms with van der Waals surface area (Å²) in [4.78, 5) is 0. The van der Waals surface area contributed by atoms with Gasteiger partial charge in [0.25, 0.3) is 0 Å². The van der Waals surface area contributed by atoms with Gasteiger partial charge in [-0.2, -0.15) is 0 Å². The molecular weight excluding hydrogens is 212 g/mol. The maximum atomic E-state index is 11.7. The molecule has 0 aromatic heterocycles. The molecule has 0 spiro atoms. The molecule has 5 heteroatoms. The first-order valence-electron chi connectivity index (χ1n) is 5.47. The third kappa shape index (κ3) is 3.43. The van der Waals surface area contributed by atoms with Gasteiger partial charge in [-0.1, -0.05) is 0 Å². The Morgan fingerprint density at radius 2 is 1.93 bits per heavy atom. The summed E-state index contributed by atoms with van der Waals surface area (Å²) in [7, 11) is -3.19. The van der Waals surface area contributed by atoms with Crippen LogP contribution in [0.15, 0.2) is 0 Å². The van der Waals surface area contributed by atoms with E-state index in [1.807, 2.05) is 0 Å². The molecule has 90 valence electrons. The van der Waals surface area contributed by atoms with Crippen molar-refractivity contribution >= 4 is 10.0 Å². The van der Waals surface area contributed by atoms with Gasteiger partial charge < -0.3 is 5.73 Å². The maximum absolute atomic E-state index is 11.7. The molecule has 0 heterocycles. The lowest BCUT2D eigenvalue weighted by atomic mass is 10.1. The van der Waals surface area contributed by atoms with E-state index in [1.165, 1.54) is 0 Å². The van der Waals surface area contributed by atoms with Gasteiger partial charge in [-0.3, -0.25) is 0 Å². The van der Waals surface area contributed by atoms with Crippen LogP contribution in [0.4, 0.5) is 0 Å². The highest BCUT2D eigenvalue weighted by atomic mass is 32.2. The summed E-state index contributed by atoms with van der Waals surface area (Å²) in [6.45, 7) is 5.65. The molecule has 0 aromatic carbocycles. The molecule has 1 fully saturated rings. The minimum absolute atomic E-state index is 0.258. The molecule has 0 saturated heterocycles. The minimum atomic E-state index is -3.19. The van der Waals surface area contributed by atoms with Crippen molar-refractivity contribution in [2.24, 2.45) is 11.7 Å². The van der Waals surface area contributed by atoms with E-state index in [0.717, 1.165) is 19.3 Å². The second kappa shape index (κ2) is 4.39. The van der Waals surface area contributed by atoms with Gasteiger partial charge in [-0.15, -0.1) is 0 Å². The van der Waals surface area contributed by atoms with E-state index in [9.17, 15) is 8.42 Å². The predicted octanol–water partition coefficient (Wildman–Crippen LogP) is 0.832. The van der Waals surface area contributed by atoms with Crippen molar-refractivity contribution < 1.29 is 8.42 Å². The second-order valence-corrected chi connectivity index (χ2v) is 7.92. The van der Waals surface area contributed by atoms with Crippen molar-refractivity contribution in [2.75, 3.05) is 6.54 Å². The maximum Gasteiger partial charge on any atom is 0.216 e. The fourth-order valence-electron chi connectivity index (χ4n) is 1.74. The van der Waals surface area contributed by atoms with Crippen LogP contribution < -0.4 is 10.5 Å². The Balaban J connectivity index is 2.44. The Kier molecular flexibility index (Phi) is 3.79. The molecule has 4 nitrogen and oxygen atoms in total. The number of nitrogens with one attached hydrogen (secondary N) is 1. The molecular formula is C10H22N2O2S. The third-order valence-electron chi connectivity index (χ3n) is 2.95. The molecule has 15 heavy (non-hydrogen) atoms. The minimum Gasteiger partial charge on any atom is -0.328 e. The summed E-state index contributed by atoms with van der Waals surface area (Å²) in [5.74, 6) is 0.414. The predicted molar refractivity (Wildman–Crippen MR) is 62.0 cm³/mol. The van der Waals surface area contributed by atoms with Crippen molar-refractivity contribution in [3.05, 3.63) is 0 Å². The third-order valence-corrected chi connectivity index (χ3v) is 5.11. The zero-order chi connectivity index (χ0) is 11.7. The average Bonchev–Trinajstić information content (AvgIpc) is 2.46. The standard InChI is InChI=1S/C10H22N2O2S/c1-10(2,3)15(13,14)12-7-8-4-5-9(11)6-8/h8-9,12H,4-7,11H2,1-3H3. The van der Waals surface area contributed by atoms with Gasteiger partial charge in [0.05, 0.1) is 4.75 Å². The number of nitrogens with two attached hydrogens (primary N) is 1. The highest BCUT2D eigenvalue weighted by molar-refractivity contribution is 7.90. The first-order valence-corrected chi connectivity index (χ1v) is 6.95. The molecule has 3 N–H and O–H groups in total. The number of sulfonamides is 1. The van der Waals surface area contributed by atoms with E-state index in [2.05, 4.69) is 4.72 Å². The van der Waals surface area contributed by atoms with Crippen LogP contribution in [0.25, 0.3) is 0 Å². The normalized spacial score (nSPS) is 28.3. The molecule has 0 amide bonds. The Labute approximate surface area is 92.7 Å². The largest absolute Gasteiger partial charge is 0.328 e. The summed E-state index contributed by atoms with van der Waals surface area (Å²) in [6.07, 6.45) is 2.99. The smallest absolute Gasteiger partial charge is 0.216 e. The first-order chi connectivity index (χ1) is 6.72. The lowest BCUT2D eigenvalue weighted by molar-refractivity contribution is 0.498. The van der Waals surface area contributed by atoms with E-state index in [0.29, 0.717) is 12.5 Å². The van der Waals surface area contributed by atoms with Crippen LogP contribution in [0.1, 0.15) is 40.0 Å².